The summed E-state index contributed by atoms with van der Waals surface area (Å²) in [6.45, 7) is 5.53. The molecule has 2 fully saturated rings. The number of nitrogens with zero attached hydrogens (tertiary/aromatic N) is 2. The van der Waals surface area contributed by atoms with Crippen LogP contribution < -0.4 is 11.5 Å². The van der Waals surface area contributed by atoms with Gasteiger partial charge in [-0.1, -0.05) is 0 Å². The number of likely N-dealkylation sites (tertiary alicyclic amines) is 1. The second-order valence-corrected chi connectivity index (χ2v) is 9.06. The maximum Gasteiger partial charge on any atom is 0.420 e. The van der Waals surface area contributed by atoms with Gasteiger partial charge in [-0.2, -0.15) is 0 Å². The van der Waals surface area contributed by atoms with E-state index in [9.17, 15) is 9.59 Å². The molecule has 2 aliphatic rings. The van der Waals surface area contributed by atoms with Gasteiger partial charge in [0.15, 0.2) is 5.58 Å². The summed E-state index contributed by atoms with van der Waals surface area (Å²) < 4.78 is 18.1. The molecule has 8 heteroatoms. The molecule has 0 bridgehead atoms. The van der Waals surface area contributed by atoms with E-state index in [-0.39, 0.29) is 17.3 Å². The van der Waals surface area contributed by atoms with Crippen LogP contribution in [0.5, 0.6) is 0 Å². The van der Waals surface area contributed by atoms with Gasteiger partial charge in [0, 0.05) is 37.3 Å². The predicted molar refractivity (Wildman–Crippen MR) is 117 cm³/mol. The Morgan fingerprint density at radius 1 is 1.19 bits per heavy atom. The minimum Gasteiger partial charge on any atom is -0.408 e. The van der Waals surface area contributed by atoms with Gasteiger partial charge in [-0.15, -0.1) is 0 Å². The van der Waals surface area contributed by atoms with Crippen LogP contribution in [0.25, 0.3) is 11.1 Å². The van der Waals surface area contributed by atoms with Crippen molar-refractivity contribution in [1.82, 2.24) is 9.47 Å². The highest BCUT2D eigenvalue weighted by Gasteiger charge is 2.38. The topological polar surface area (TPSA) is 99.9 Å². The maximum atomic E-state index is 12.6. The molecule has 170 valence electrons. The highest BCUT2D eigenvalue weighted by atomic mass is 16.5. The summed E-state index contributed by atoms with van der Waals surface area (Å²) in [5.41, 5.74) is 7.13. The number of ether oxygens (including phenoxy) is 2. The van der Waals surface area contributed by atoms with Crippen molar-refractivity contribution in [1.29, 1.82) is 0 Å². The highest BCUT2D eigenvalue weighted by Crippen LogP contribution is 2.38. The number of hydrogen-bond donors (Lipinski definition) is 1. The molecular weight excluding hydrogens is 398 g/mol. The Bertz CT molecular complexity index is 965. The van der Waals surface area contributed by atoms with Crippen molar-refractivity contribution < 1.29 is 18.7 Å². The van der Waals surface area contributed by atoms with Gasteiger partial charge < -0.3 is 19.6 Å². The zero-order valence-electron chi connectivity index (χ0n) is 18.5. The summed E-state index contributed by atoms with van der Waals surface area (Å²) >= 11 is 0. The van der Waals surface area contributed by atoms with Gasteiger partial charge >= 0.3 is 5.76 Å². The maximum absolute atomic E-state index is 12.6. The molecular formula is C23H33N3O5. The van der Waals surface area contributed by atoms with E-state index < -0.39 is 5.91 Å². The molecule has 0 unspecified atom stereocenters. The summed E-state index contributed by atoms with van der Waals surface area (Å²) in [6.07, 6.45) is 6.45. The van der Waals surface area contributed by atoms with Crippen molar-refractivity contribution in [3.63, 3.8) is 0 Å². The number of hydrogen-bond acceptors (Lipinski definition) is 6. The summed E-state index contributed by atoms with van der Waals surface area (Å²) in [6, 6.07) is 4.97. The first kappa shape index (κ1) is 22.0. The second kappa shape index (κ2) is 9.14. The Labute approximate surface area is 182 Å². The van der Waals surface area contributed by atoms with Crippen LogP contribution in [0.15, 0.2) is 27.4 Å². The molecule has 0 spiro atoms. The van der Waals surface area contributed by atoms with Gasteiger partial charge in [0.05, 0.1) is 24.8 Å². The smallest absolute Gasteiger partial charge is 0.408 e. The first-order chi connectivity index (χ1) is 14.9. The Balaban J connectivity index is 1.40. The van der Waals surface area contributed by atoms with E-state index in [0.29, 0.717) is 36.0 Å². The Kier molecular flexibility index (Phi) is 6.50. The van der Waals surface area contributed by atoms with Crippen LogP contribution in [-0.2, 0) is 9.47 Å². The predicted octanol–water partition coefficient (Wildman–Crippen LogP) is 2.69. The third-order valence-corrected chi connectivity index (χ3v) is 7.14. The molecule has 1 aliphatic carbocycles. The number of oxazole rings is 1. The highest BCUT2D eigenvalue weighted by molar-refractivity contribution is 5.95. The minimum atomic E-state index is -0.508. The molecule has 1 saturated carbocycles. The molecule has 2 N–H and O–H groups in total. The van der Waals surface area contributed by atoms with E-state index in [1.165, 1.54) is 0 Å². The minimum absolute atomic E-state index is 0.0606. The quantitative estimate of drug-likeness (QED) is 0.677. The first-order valence-electron chi connectivity index (χ1n) is 11.2. The molecule has 31 heavy (non-hydrogen) atoms. The lowest BCUT2D eigenvalue weighted by molar-refractivity contribution is -0.0419. The number of piperidine rings is 1. The SMILES string of the molecule is COCCO[C@H]1CC[C@](C)(N2CCC(n3c(=O)oc4ccc(C(N)=O)cc43)CC2)CC1. The molecule has 0 atom stereocenters. The summed E-state index contributed by atoms with van der Waals surface area (Å²) in [5, 5.41) is 0. The molecule has 1 saturated heterocycles. The monoisotopic (exact) mass is 431 g/mol. The molecule has 1 aliphatic heterocycles. The number of carbonyl (C=O) groups excluding carboxylic acids is 1. The zero-order valence-corrected chi connectivity index (χ0v) is 18.5. The number of carbonyl (C=O) groups is 1. The molecule has 8 nitrogen and oxygen atoms in total. The Hall–Kier alpha value is -2.16. The fourth-order valence-corrected chi connectivity index (χ4v) is 5.19. The first-order valence-corrected chi connectivity index (χ1v) is 11.2. The number of methoxy groups -OCH3 is 1. The van der Waals surface area contributed by atoms with E-state index in [4.69, 9.17) is 19.6 Å². The standard InChI is InChI=1S/C23H33N3O5/c1-23(9-5-18(6-10-23)30-14-13-29-2)25-11-7-17(8-12-25)26-19-15-16(21(24)27)3-4-20(19)31-22(26)28/h3-4,15,17-18H,5-14H2,1-2H3,(H2,24,27)/t18-,23-. The van der Waals surface area contributed by atoms with Crippen LogP contribution in [0, 0.1) is 0 Å². The van der Waals surface area contributed by atoms with Crippen molar-refractivity contribution in [2.75, 3.05) is 33.4 Å². The van der Waals surface area contributed by atoms with Gasteiger partial charge in [-0.3, -0.25) is 14.3 Å². The molecule has 0 radical (unpaired) electrons. The molecule has 1 aromatic carbocycles. The van der Waals surface area contributed by atoms with Gasteiger partial charge in [-0.25, -0.2) is 4.79 Å². The van der Waals surface area contributed by atoms with E-state index in [1.54, 1.807) is 29.9 Å². The Morgan fingerprint density at radius 3 is 2.55 bits per heavy atom. The van der Waals surface area contributed by atoms with Crippen molar-refractivity contribution >= 4 is 17.0 Å². The van der Waals surface area contributed by atoms with E-state index >= 15 is 0 Å². The number of nitrogens with two attached hydrogens (primary N) is 1. The molecule has 1 aromatic heterocycles. The molecule has 2 aromatic rings. The molecule has 1 amide bonds. The van der Waals surface area contributed by atoms with E-state index in [2.05, 4.69) is 11.8 Å². The third-order valence-electron chi connectivity index (χ3n) is 7.14. The fourth-order valence-electron chi connectivity index (χ4n) is 5.19. The summed E-state index contributed by atoms with van der Waals surface area (Å²) in [4.78, 5) is 26.7. The second-order valence-electron chi connectivity index (χ2n) is 9.06. The number of amides is 1. The van der Waals surface area contributed by atoms with Crippen LogP contribution in [0.1, 0.15) is 61.8 Å². The van der Waals surface area contributed by atoms with Gasteiger partial charge in [0.2, 0.25) is 5.91 Å². The lowest BCUT2D eigenvalue weighted by Gasteiger charge is -2.48. The van der Waals surface area contributed by atoms with Crippen LogP contribution in [0.2, 0.25) is 0 Å². The summed E-state index contributed by atoms with van der Waals surface area (Å²) in [7, 11) is 1.70. The lowest BCUT2D eigenvalue weighted by atomic mass is 9.79. The van der Waals surface area contributed by atoms with Crippen molar-refractivity contribution in [3.8, 4) is 0 Å². The Morgan fingerprint density at radius 2 is 1.90 bits per heavy atom. The van der Waals surface area contributed by atoms with Crippen molar-refractivity contribution in [2.45, 2.75) is 63.1 Å². The number of fused-ring (bicyclic) bond motifs is 1. The van der Waals surface area contributed by atoms with Crippen molar-refractivity contribution in [2.24, 2.45) is 5.73 Å². The third kappa shape index (κ3) is 4.56. The number of rotatable bonds is 7. The zero-order chi connectivity index (χ0) is 22.0. The van der Waals surface area contributed by atoms with E-state index in [0.717, 1.165) is 51.6 Å². The average Bonchev–Trinajstić information content (AvgIpc) is 3.10. The van der Waals surface area contributed by atoms with Gasteiger partial charge in [0.1, 0.15) is 0 Å². The normalized spacial score (nSPS) is 25.8. The van der Waals surface area contributed by atoms with Crippen LogP contribution in [-0.4, -0.2) is 60.4 Å². The lowest BCUT2D eigenvalue weighted by Crippen LogP contribution is -2.53. The molecule has 2 heterocycles. The van der Waals surface area contributed by atoms with E-state index in [1.807, 2.05) is 0 Å². The van der Waals surface area contributed by atoms with Crippen LogP contribution in [0.3, 0.4) is 0 Å². The largest absolute Gasteiger partial charge is 0.420 e. The van der Waals surface area contributed by atoms with Gasteiger partial charge in [0.25, 0.3) is 0 Å². The van der Waals surface area contributed by atoms with Crippen LogP contribution in [0.4, 0.5) is 0 Å². The fraction of sp³-hybridized carbons (Fsp3) is 0.652. The number of benzene rings is 1. The van der Waals surface area contributed by atoms with Crippen LogP contribution >= 0.6 is 0 Å². The number of primary amides is 1. The average molecular weight is 432 g/mol. The molecule has 4 rings (SSSR count). The van der Waals surface area contributed by atoms with Crippen molar-refractivity contribution in [3.05, 3.63) is 34.3 Å². The summed E-state index contributed by atoms with van der Waals surface area (Å²) in [5.74, 6) is -0.873. The van der Waals surface area contributed by atoms with Gasteiger partial charge in [-0.05, 0) is 63.6 Å². The number of aromatic nitrogens is 1.